The highest BCUT2D eigenvalue weighted by molar-refractivity contribution is 7.13. The van der Waals surface area contributed by atoms with Gasteiger partial charge in [-0.1, -0.05) is 6.07 Å². The molecule has 1 fully saturated rings. The molecule has 0 radical (unpaired) electrons. The van der Waals surface area contributed by atoms with Gasteiger partial charge in [0.05, 0.1) is 23.3 Å². The summed E-state index contributed by atoms with van der Waals surface area (Å²) in [6, 6.07) is 9.70. The summed E-state index contributed by atoms with van der Waals surface area (Å²) in [5, 5.41) is 15.1. The zero-order valence-corrected chi connectivity index (χ0v) is 16.6. The van der Waals surface area contributed by atoms with Crippen LogP contribution in [0.4, 0.5) is 10.8 Å². The average molecular weight is 391 g/mol. The van der Waals surface area contributed by atoms with Crippen LogP contribution in [0.5, 0.6) is 0 Å². The zero-order chi connectivity index (χ0) is 19.3. The molecule has 1 aliphatic rings. The summed E-state index contributed by atoms with van der Waals surface area (Å²) in [7, 11) is 0. The summed E-state index contributed by atoms with van der Waals surface area (Å²) >= 11 is 1.61. The van der Waals surface area contributed by atoms with Crippen molar-refractivity contribution in [1.82, 2.24) is 19.9 Å². The first kappa shape index (κ1) is 18.5. The first-order chi connectivity index (χ1) is 13.7. The van der Waals surface area contributed by atoms with E-state index in [-0.39, 0.29) is 0 Å². The number of aryl methyl sites for hydroxylation is 1. The van der Waals surface area contributed by atoms with E-state index in [0.717, 1.165) is 41.8 Å². The van der Waals surface area contributed by atoms with Gasteiger partial charge in [0.15, 0.2) is 5.13 Å². The quantitative estimate of drug-likeness (QED) is 0.702. The molecule has 1 saturated heterocycles. The number of thiazole rings is 1. The molecule has 4 rings (SSSR count). The summed E-state index contributed by atoms with van der Waals surface area (Å²) in [6.45, 7) is 5.14. The standard InChI is InChI=1S/C21H22N6S/c1-15-4-2-8-23-19(15)13-27-9-3-5-16(12-27)20-14-28-21(26-20)25-18-7-6-17(10-22)24-11-18/h2,4,6-8,11,14,16H,3,5,9,12-13H2,1H3,(H,25,26)/t16-/m1/s1. The first-order valence-electron chi connectivity index (χ1n) is 9.43. The highest BCUT2D eigenvalue weighted by Crippen LogP contribution is 2.31. The van der Waals surface area contributed by atoms with Crippen LogP contribution in [-0.4, -0.2) is 32.9 Å². The number of rotatable bonds is 5. The van der Waals surface area contributed by atoms with Crippen LogP contribution in [0.1, 0.15) is 41.4 Å². The smallest absolute Gasteiger partial charge is 0.187 e. The van der Waals surface area contributed by atoms with Crippen LogP contribution in [-0.2, 0) is 6.54 Å². The largest absolute Gasteiger partial charge is 0.330 e. The van der Waals surface area contributed by atoms with Crippen molar-refractivity contribution in [2.24, 2.45) is 0 Å². The molecule has 1 atom stereocenters. The molecule has 0 spiro atoms. The second-order valence-corrected chi connectivity index (χ2v) is 7.95. The van der Waals surface area contributed by atoms with E-state index in [1.807, 2.05) is 24.4 Å². The molecule has 0 bridgehead atoms. The molecule has 7 heteroatoms. The number of likely N-dealkylation sites (tertiary alicyclic amines) is 1. The lowest BCUT2D eigenvalue weighted by molar-refractivity contribution is 0.196. The second-order valence-electron chi connectivity index (χ2n) is 7.09. The SMILES string of the molecule is Cc1cccnc1CN1CCC[C@@H](c2csc(Nc3ccc(C#N)nc3)n2)C1. The lowest BCUT2D eigenvalue weighted by atomic mass is 9.95. The van der Waals surface area contributed by atoms with Gasteiger partial charge in [-0.2, -0.15) is 5.26 Å². The number of nitrogens with one attached hydrogen (secondary N) is 1. The Morgan fingerprint density at radius 3 is 3.04 bits per heavy atom. The van der Waals surface area contributed by atoms with Crippen molar-refractivity contribution in [3.63, 3.8) is 0 Å². The van der Waals surface area contributed by atoms with Gasteiger partial charge in [0.25, 0.3) is 0 Å². The predicted octanol–water partition coefficient (Wildman–Crippen LogP) is 4.24. The number of pyridine rings is 2. The Balaban J connectivity index is 1.40. The van der Waals surface area contributed by atoms with Crippen LogP contribution >= 0.6 is 11.3 Å². The Morgan fingerprint density at radius 1 is 1.32 bits per heavy atom. The Bertz CT molecular complexity index is 975. The third-order valence-corrected chi connectivity index (χ3v) is 5.84. The van der Waals surface area contributed by atoms with Crippen LogP contribution in [0.15, 0.2) is 42.0 Å². The Morgan fingerprint density at radius 2 is 2.25 bits per heavy atom. The van der Waals surface area contributed by atoms with E-state index in [1.165, 1.54) is 18.4 Å². The number of aromatic nitrogens is 3. The van der Waals surface area contributed by atoms with Crippen LogP contribution in [0, 0.1) is 18.3 Å². The fourth-order valence-corrected chi connectivity index (χ4v) is 4.34. The van der Waals surface area contributed by atoms with Crippen molar-refractivity contribution >= 4 is 22.2 Å². The predicted molar refractivity (Wildman–Crippen MR) is 111 cm³/mol. The van der Waals surface area contributed by atoms with Gasteiger partial charge in [-0.05, 0) is 50.1 Å². The number of hydrogen-bond acceptors (Lipinski definition) is 7. The van der Waals surface area contributed by atoms with Crippen LogP contribution in [0.25, 0.3) is 0 Å². The number of anilines is 2. The van der Waals surface area contributed by atoms with Crippen LogP contribution in [0.3, 0.4) is 0 Å². The Kier molecular flexibility index (Phi) is 5.60. The Labute approximate surface area is 168 Å². The molecular weight excluding hydrogens is 368 g/mol. The maximum Gasteiger partial charge on any atom is 0.187 e. The van der Waals surface area contributed by atoms with Gasteiger partial charge in [-0.3, -0.25) is 9.88 Å². The summed E-state index contributed by atoms with van der Waals surface area (Å²) in [5.41, 5.74) is 4.82. The maximum absolute atomic E-state index is 8.84. The van der Waals surface area contributed by atoms with Gasteiger partial charge in [0, 0.05) is 30.6 Å². The molecule has 3 aromatic heterocycles. The highest BCUT2D eigenvalue weighted by Gasteiger charge is 2.24. The van der Waals surface area contributed by atoms with Gasteiger partial charge in [-0.15, -0.1) is 11.3 Å². The molecule has 0 saturated carbocycles. The minimum absolute atomic E-state index is 0.413. The summed E-state index contributed by atoms with van der Waals surface area (Å²) < 4.78 is 0. The molecule has 28 heavy (non-hydrogen) atoms. The summed E-state index contributed by atoms with van der Waals surface area (Å²) in [4.78, 5) is 15.9. The molecule has 0 unspecified atom stereocenters. The molecule has 0 aliphatic carbocycles. The van der Waals surface area contributed by atoms with E-state index in [0.29, 0.717) is 11.6 Å². The van der Waals surface area contributed by atoms with E-state index in [9.17, 15) is 0 Å². The number of nitrogens with zero attached hydrogens (tertiary/aromatic N) is 5. The monoisotopic (exact) mass is 390 g/mol. The topological polar surface area (TPSA) is 77.7 Å². The second kappa shape index (κ2) is 8.46. The lowest BCUT2D eigenvalue weighted by Crippen LogP contribution is -2.34. The van der Waals surface area contributed by atoms with Crippen LogP contribution in [0.2, 0.25) is 0 Å². The first-order valence-corrected chi connectivity index (χ1v) is 10.3. The van der Waals surface area contributed by atoms with Gasteiger partial charge in [0.1, 0.15) is 11.8 Å². The van der Waals surface area contributed by atoms with Gasteiger partial charge in [-0.25, -0.2) is 9.97 Å². The molecule has 4 heterocycles. The molecule has 3 aromatic rings. The molecule has 0 aromatic carbocycles. The highest BCUT2D eigenvalue weighted by atomic mass is 32.1. The van der Waals surface area contributed by atoms with Crippen molar-refractivity contribution < 1.29 is 0 Å². The number of piperidine rings is 1. The fraction of sp³-hybridized carbons (Fsp3) is 0.333. The molecule has 6 nitrogen and oxygen atoms in total. The van der Waals surface area contributed by atoms with E-state index < -0.39 is 0 Å². The Hall–Kier alpha value is -2.82. The van der Waals surface area contributed by atoms with Crippen molar-refractivity contribution in [2.75, 3.05) is 18.4 Å². The normalized spacial score (nSPS) is 17.2. The molecule has 0 amide bonds. The molecule has 1 N–H and O–H groups in total. The van der Waals surface area contributed by atoms with Crippen molar-refractivity contribution in [1.29, 1.82) is 5.26 Å². The average Bonchev–Trinajstić information content (AvgIpc) is 3.19. The van der Waals surface area contributed by atoms with E-state index in [4.69, 9.17) is 10.2 Å². The van der Waals surface area contributed by atoms with Crippen LogP contribution < -0.4 is 5.32 Å². The molecular formula is C21H22N6S. The maximum atomic E-state index is 8.84. The number of hydrogen-bond donors (Lipinski definition) is 1. The van der Waals surface area contributed by atoms with E-state index >= 15 is 0 Å². The van der Waals surface area contributed by atoms with Gasteiger partial charge < -0.3 is 5.32 Å². The summed E-state index contributed by atoms with van der Waals surface area (Å²) in [6.07, 6.45) is 5.88. The number of nitriles is 1. The minimum Gasteiger partial charge on any atom is -0.330 e. The van der Waals surface area contributed by atoms with E-state index in [1.54, 1.807) is 23.6 Å². The van der Waals surface area contributed by atoms with Crippen molar-refractivity contribution in [3.05, 3.63) is 64.7 Å². The zero-order valence-electron chi connectivity index (χ0n) is 15.8. The fourth-order valence-electron chi connectivity index (χ4n) is 3.52. The minimum atomic E-state index is 0.413. The lowest BCUT2D eigenvalue weighted by Gasteiger charge is -2.32. The molecule has 1 aliphatic heterocycles. The third kappa shape index (κ3) is 4.35. The van der Waals surface area contributed by atoms with Gasteiger partial charge >= 0.3 is 0 Å². The summed E-state index contributed by atoms with van der Waals surface area (Å²) in [5.74, 6) is 0.448. The van der Waals surface area contributed by atoms with Gasteiger partial charge in [0.2, 0.25) is 0 Å². The van der Waals surface area contributed by atoms with Crippen molar-refractivity contribution in [2.45, 2.75) is 32.2 Å². The molecule has 142 valence electrons. The van der Waals surface area contributed by atoms with E-state index in [2.05, 4.69) is 38.6 Å². The van der Waals surface area contributed by atoms with Crippen molar-refractivity contribution in [3.8, 4) is 6.07 Å². The third-order valence-electron chi connectivity index (χ3n) is 5.07.